The zero-order chi connectivity index (χ0) is 19.8. The summed E-state index contributed by atoms with van der Waals surface area (Å²) in [4.78, 5) is 18.4. The van der Waals surface area contributed by atoms with Gasteiger partial charge in [-0.3, -0.25) is 9.36 Å². The van der Waals surface area contributed by atoms with Gasteiger partial charge in [-0.1, -0.05) is 67.4 Å². The first-order valence-corrected chi connectivity index (χ1v) is 10.6. The first-order chi connectivity index (χ1) is 13.5. The van der Waals surface area contributed by atoms with Gasteiger partial charge < -0.3 is 0 Å². The summed E-state index contributed by atoms with van der Waals surface area (Å²) in [5.41, 5.74) is 3.82. The lowest BCUT2D eigenvalue weighted by atomic mass is 9.99. The van der Waals surface area contributed by atoms with Crippen LogP contribution in [0.15, 0.2) is 59.0 Å². The zero-order valence-corrected chi connectivity index (χ0v) is 17.8. The summed E-state index contributed by atoms with van der Waals surface area (Å²) in [5.74, 6) is 0.465. The molecule has 0 aliphatic rings. The lowest BCUT2D eigenvalue weighted by Crippen LogP contribution is -2.21. The van der Waals surface area contributed by atoms with E-state index < -0.39 is 0 Å². The largest absolute Gasteiger partial charge is 0.294 e. The molecule has 0 bridgehead atoms. The molecule has 0 radical (unpaired) electrons. The first kappa shape index (κ1) is 19.2. The van der Waals surface area contributed by atoms with Crippen LogP contribution in [0.2, 0.25) is 10.0 Å². The molecular formula is C22H18Cl2N2OS. The number of fused-ring (bicyclic) bond motifs is 1. The normalized spacial score (nSPS) is 11.5. The highest BCUT2D eigenvalue weighted by Crippen LogP contribution is 2.32. The third-order valence-electron chi connectivity index (χ3n) is 4.84. The van der Waals surface area contributed by atoms with Crippen molar-refractivity contribution in [1.29, 1.82) is 0 Å². The number of halogens is 2. The predicted octanol–water partition coefficient (Wildman–Crippen LogP) is 6.60. The van der Waals surface area contributed by atoms with Crippen LogP contribution in [0.5, 0.6) is 0 Å². The van der Waals surface area contributed by atoms with Crippen molar-refractivity contribution in [1.82, 2.24) is 9.55 Å². The quantitative estimate of drug-likeness (QED) is 0.366. The molecule has 0 fully saturated rings. The van der Waals surface area contributed by atoms with Crippen molar-refractivity contribution >= 4 is 44.8 Å². The molecule has 0 amide bonds. The van der Waals surface area contributed by atoms with E-state index in [2.05, 4.69) is 43.1 Å². The topological polar surface area (TPSA) is 34.9 Å². The number of hydrogen-bond donors (Lipinski definition) is 0. The van der Waals surface area contributed by atoms with Crippen molar-refractivity contribution in [2.45, 2.75) is 26.3 Å². The summed E-state index contributed by atoms with van der Waals surface area (Å²) >= 11 is 14.0. The van der Waals surface area contributed by atoms with Crippen molar-refractivity contribution in [2.75, 3.05) is 0 Å². The van der Waals surface area contributed by atoms with Crippen LogP contribution < -0.4 is 5.56 Å². The van der Waals surface area contributed by atoms with E-state index in [1.807, 2.05) is 5.38 Å². The standard InChI is InChI=1S/C22H18Cl2N2OS/c1-13(2)14-6-8-15(9-7-14)17-11-28-21-20(17)22(27)26(12-25-21)10-16-18(23)4-3-5-19(16)24/h3-9,11-13H,10H2,1-2H3. The van der Waals surface area contributed by atoms with Gasteiger partial charge in [0.1, 0.15) is 4.83 Å². The fraction of sp³-hybridized carbons (Fsp3) is 0.182. The smallest absolute Gasteiger partial charge is 0.263 e. The van der Waals surface area contributed by atoms with Gasteiger partial charge in [-0.2, -0.15) is 0 Å². The Bertz CT molecular complexity index is 1190. The minimum Gasteiger partial charge on any atom is -0.294 e. The Morgan fingerprint density at radius 2 is 1.75 bits per heavy atom. The van der Waals surface area contributed by atoms with Gasteiger partial charge in [-0.25, -0.2) is 4.98 Å². The molecule has 6 heteroatoms. The molecule has 28 heavy (non-hydrogen) atoms. The summed E-state index contributed by atoms with van der Waals surface area (Å²) in [6.07, 6.45) is 1.56. The maximum absolute atomic E-state index is 13.2. The zero-order valence-electron chi connectivity index (χ0n) is 15.4. The molecule has 2 heterocycles. The van der Waals surface area contributed by atoms with Gasteiger partial charge in [-0.15, -0.1) is 11.3 Å². The Labute approximate surface area is 177 Å². The molecule has 2 aromatic carbocycles. The molecular weight excluding hydrogens is 411 g/mol. The molecule has 0 unspecified atom stereocenters. The molecule has 0 saturated heterocycles. The SMILES string of the molecule is CC(C)c1ccc(-c2csc3ncn(Cc4c(Cl)cccc4Cl)c(=O)c23)cc1. The lowest BCUT2D eigenvalue weighted by molar-refractivity contribution is 0.750. The van der Waals surface area contributed by atoms with Gasteiger partial charge in [0.15, 0.2) is 0 Å². The van der Waals surface area contributed by atoms with Crippen LogP contribution in [-0.2, 0) is 6.54 Å². The van der Waals surface area contributed by atoms with Gasteiger partial charge in [0.25, 0.3) is 5.56 Å². The molecule has 3 nitrogen and oxygen atoms in total. The van der Waals surface area contributed by atoms with Crippen LogP contribution in [0.3, 0.4) is 0 Å². The summed E-state index contributed by atoms with van der Waals surface area (Å²) in [7, 11) is 0. The van der Waals surface area contributed by atoms with E-state index in [1.165, 1.54) is 16.9 Å². The molecule has 0 atom stereocenters. The number of thiophene rings is 1. The van der Waals surface area contributed by atoms with Crippen molar-refractivity contribution in [3.63, 3.8) is 0 Å². The number of benzene rings is 2. The Kier molecular flexibility index (Phi) is 5.28. The van der Waals surface area contributed by atoms with Crippen molar-refractivity contribution in [2.24, 2.45) is 0 Å². The van der Waals surface area contributed by atoms with E-state index in [4.69, 9.17) is 23.2 Å². The molecule has 2 aromatic heterocycles. The van der Waals surface area contributed by atoms with Gasteiger partial charge in [0.05, 0.1) is 18.3 Å². The second kappa shape index (κ2) is 7.70. The Hall–Kier alpha value is -2.14. The monoisotopic (exact) mass is 428 g/mol. The van der Waals surface area contributed by atoms with Crippen LogP contribution in [-0.4, -0.2) is 9.55 Å². The van der Waals surface area contributed by atoms with Crippen LogP contribution in [0.1, 0.15) is 30.9 Å². The summed E-state index contributed by atoms with van der Waals surface area (Å²) in [6, 6.07) is 13.7. The Morgan fingerprint density at radius 1 is 1.07 bits per heavy atom. The van der Waals surface area contributed by atoms with Gasteiger partial charge in [-0.05, 0) is 29.2 Å². The highest BCUT2D eigenvalue weighted by atomic mass is 35.5. The third-order valence-corrected chi connectivity index (χ3v) is 6.43. The van der Waals surface area contributed by atoms with Crippen LogP contribution in [0, 0.1) is 0 Å². The Balaban J connectivity index is 1.81. The summed E-state index contributed by atoms with van der Waals surface area (Å²) in [6.45, 7) is 4.61. The third kappa shape index (κ3) is 3.48. The lowest BCUT2D eigenvalue weighted by Gasteiger charge is -2.10. The minimum absolute atomic E-state index is 0.0924. The van der Waals surface area contributed by atoms with Crippen LogP contribution >= 0.6 is 34.5 Å². The maximum Gasteiger partial charge on any atom is 0.263 e. The number of rotatable bonds is 4. The fourth-order valence-corrected chi connectivity index (χ4v) is 4.62. The van der Waals surface area contributed by atoms with E-state index in [0.717, 1.165) is 16.0 Å². The van der Waals surface area contributed by atoms with E-state index in [0.29, 0.717) is 26.9 Å². The Morgan fingerprint density at radius 3 is 2.39 bits per heavy atom. The molecule has 142 valence electrons. The predicted molar refractivity (Wildman–Crippen MR) is 119 cm³/mol. The molecule has 4 aromatic rings. The average Bonchev–Trinajstić information content (AvgIpc) is 3.11. The summed E-state index contributed by atoms with van der Waals surface area (Å²) < 4.78 is 1.56. The maximum atomic E-state index is 13.2. The number of nitrogens with zero attached hydrogens (tertiary/aromatic N) is 2. The van der Waals surface area contributed by atoms with E-state index in [9.17, 15) is 4.79 Å². The van der Waals surface area contributed by atoms with E-state index in [-0.39, 0.29) is 12.1 Å². The van der Waals surface area contributed by atoms with Crippen molar-refractivity contribution in [3.05, 3.63) is 85.7 Å². The van der Waals surface area contributed by atoms with Crippen molar-refractivity contribution < 1.29 is 0 Å². The molecule has 0 saturated carbocycles. The first-order valence-electron chi connectivity index (χ1n) is 8.95. The molecule has 0 aliphatic carbocycles. The average molecular weight is 429 g/mol. The highest BCUT2D eigenvalue weighted by molar-refractivity contribution is 7.17. The van der Waals surface area contributed by atoms with Crippen LogP contribution in [0.25, 0.3) is 21.3 Å². The van der Waals surface area contributed by atoms with Crippen molar-refractivity contribution in [3.8, 4) is 11.1 Å². The second-order valence-electron chi connectivity index (χ2n) is 6.98. The van der Waals surface area contributed by atoms with E-state index in [1.54, 1.807) is 29.1 Å². The number of hydrogen-bond acceptors (Lipinski definition) is 3. The number of aromatic nitrogens is 2. The fourth-order valence-electron chi connectivity index (χ4n) is 3.19. The van der Waals surface area contributed by atoms with Gasteiger partial charge in [0, 0.05) is 26.6 Å². The summed E-state index contributed by atoms with van der Waals surface area (Å²) in [5, 5.41) is 3.70. The molecule has 0 N–H and O–H groups in total. The van der Waals surface area contributed by atoms with E-state index >= 15 is 0 Å². The second-order valence-corrected chi connectivity index (χ2v) is 8.66. The molecule has 0 spiro atoms. The molecule has 0 aliphatic heterocycles. The highest BCUT2D eigenvalue weighted by Gasteiger charge is 2.15. The van der Waals surface area contributed by atoms with Crippen LogP contribution in [0.4, 0.5) is 0 Å². The van der Waals surface area contributed by atoms with Gasteiger partial charge in [0.2, 0.25) is 0 Å². The van der Waals surface area contributed by atoms with Gasteiger partial charge >= 0.3 is 0 Å². The minimum atomic E-state index is -0.0924. The molecule has 4 rings (SSSR count).